The summed E-state index contributed by atoms with van der Waals surface area (Å²) >= 11 is 2.94. The number of benzene rings is 1. The van der Waals surface area contributed by atoms with Crippen molar-refractivity contribution in [2.45, 2.75) is 0 Å². The minimum atomic E-state index is -0.460. The molecule has 0 aliphatic rings. The van der Waals surface area contributed by atoms with E-state index in [1.165, 1.54) is 23.1 Å². The molecule has 0 saturated heterocycles. The molecule has 0 aliphatic carbocycles. The summed E-state index contributed by atoms with van der Waals surface area (Å²) in [6.45, 7) is 0. The molecule has 2 aromatic heterocycles. The normalized spacial score (nSPS) is 10.8. The first kappa shape index (κ1) is 12.1. The Balaban J connectivity index is 2.24. The molecular weight excluding hydrogens is 280 g/mol. The standard InChI is InChI=1S/C13H10N2O2S2/c1-17-12(16)10-11(19-13(14)15-10)8-6-18-9-5-3-2-4-7(8)9/h2-6H,1H3,(H2,14,15). The maximum atomic E-state index is 11.7. The second-order valence-corrected chi connectivity index (χ2v) is 5.81. The molecule has 0 fully saturated rings. The van der Waals surface area contributed by atoms with Crippen LogP contribution in [0, 0.1) is 0 Å². The zero-order valence-corrected chi connectivity index (χ0v) is 11.7. The maximum absolute atomic E-state index is 11.7. The average molecular weight is 290 g/mol. The number of methoxy groups -OCH3 is 1. The number of nitrogens with two attached hydrogens (primary N) is 1. The Labute approximate surface area is 117 Å². The van der Waals surface area contributed by atoms with Crippen LogP contribution < -0.4 is 5.73 Å². The van der Waals surface area contributed by atoms with Gasteiger partial charge in [0.25, 0.3) is 0 Å². The van der Waals surface area contributed by atoms with Gasteiger partial charge in [0.2, 0.25) is 0 Å². The molecule has 4 nitrogen and oxygen atoms in total. The molecule has 0 radical (unpaired) electrons. The van der Waals surface area contributed by atoms with Crippen molar-refractivity contribution in [1.29, 1.82) is 0 Å². The number of ether oxygens (including phenoxy) is 1. The van der Waals surface area contributed by atoms with Crippen LogP contribution in [-0.2, 0) is 4.74 Å². The summed E-state index contributed by atoms with van der Waals surface area (Å²) in [6.07, 6.45) is 0. The van der Waals surface area contributed by atoms with E-state index in [2.05, 4.69) is 4.98 Å². The molecule has 3 rings (SSSR count). The number of thiophene rings is 1. The Morgan fingerprint density at radius 2 is 2.16 bits per heavy atom. The molecule has 0 saturated carbocycles. The van der Waals surface area contributed by atoms with Crippen LogP contribution in [0.4, 0.5) is 5.13 Å². The SMILES string of the molecule is COC(=O)c1nc(N)sc1-c1csc2ccccc12. The van der Waals surface area contributed by atoms with Crippen molar-refractivity contribution in [2.75, 3.05) is 12.8 Å². The average Bonchev–Trinajstić information content (AvgIpc) is 3.01. The number of fused-ring (bicyclic) bond motifs is 1. The molecule has 0 unspecified atom stereocenters. The highest BCUT2D eigenvalue weighted by Crippen LogP contribution is 2.39. The van der Waals surface area contributed by atoms with Crippen molar-refractivity contribution in [3.05, 3.63) is 35.3 Å². The highest BCUT2D eigenvalue weighted by Gasteiger charge is 2.21. The van der Waals surface area contributed by atoms with E-state index in [0.29, 0.717) is 5.13 Å². The van der Waals surface area contributed by atoms with Gasteiger partial charge in [-0.3, -0.25) is 0 Å². The van der Waals surface area contributed by atoms with E-state index < -0.39 is 5.97 Å². The topological polar surface area (TPSA) is 65.2 Å². The smallest absolute Gasteiger partial charge is 0.358 e. The van der Waals surface area contributed by atoms with Crippen molar-refractivity contribution in [2.24, 2.45) is 0 Å². The van der Waals surface area contributed by atoms with Crippen LogP contribution in [0.5, 0.6) is 0 Å². The Morgan fingerprint density at radius 3 is 2.95 bits per heavy atom. The van der Waals surface area contributed by atoms with Crippen molar-refractivity contribution < 1.29 is 9.53 Å². The van der Waals surface area contributed by atoms with Crippen LogP contribution in [-0.4, -0.2) is 18.1 Å². The third-order valence-corrected chi connectivity index (χ3v) is 4.63. The van der Waals surface area contributed by atoms with Crippen molar-refractivity contribution in [3.8, 4) is 10.4 Å². The van der Waals surface area contributed by atoms with E-state index in [1.807, 2.05) is 29.6 Å². The Kier molecular flexibility index (Phi) is 2.96. The van der Waals surface area contributed by atoms with Gasteiger partial charge in [0.05, 0.1) is 12.0 Å². The zero-order chi connectivity index (χ0) is 13.4. The molecule has 19 heavy (non-hydrogen) atoms. The molecule has 0 spiro atoms. The van der Waals surface area contributed by atoms with Gasteiger partial charge in [-0.1, -0.05) is 29.5 Å². The minimum absolute atomic E-state index is 0.286. The van der Waals surface area contributed by atoms with Crippen LogP contribution >= 0.6 is 22.7 Å². The number of carbonyl (C=O) groups is 1. The van der Waals surface area contributed by atoms with Crippen molar-refractivity contribution in [3.63, 3.8) is 0 Å². The Hall–Kier alpha value is -1.92. The molecule has 2 N–H and O–H groups in total. The molecule has 96 valence electrons. The number of nitrogens with zero attached hydrogens (tertiary/aromatic N) is 1. The van der Waals surface area contributed by atoms with E-state index in [4.69, 9.17) is 10.5 Å². The van der Waals surface area contributed by atoms with Gasteiger partial charge in [-0.15, -0.1) is 11.3 Å². The van der Waals surface area contributed by atoms with Crippen molar-refractivity contribution >= 4 is 43.9 Å². The number of esters is 1. The molecule has 6 heteroatoms. The molecule has 0 atom stereocenters. The largest absolute Gasteiger partial charge is 0.464 e. The van der Waals surface area contributed by atoms with Gasteiger partial charge in [-0.25, -0.2) is 9.78 Å². The number of aromatic nitrogens is 1. The summed E-state index contributed by atoms with van der Waals surface area (Å²) in [5, 5.41) is 3.48. The van der Waals surface area contributed by atoms with Gasteiger partial charge in [0, 0.05) is 21.0 Å². The van der Waals surface area contributed by atoms with Gasteiger partial charge < -0.3 is 10.5 Å². The lowest BCUT2D eigenvalue weighted by molar-refractivity contribution is 0.0596. The summed E-state index contributed by atoms with van der Waals surface area (Å²) in [5.41, 5.74) is 6.99. The van der Waals surface area contributed by atoms with Gasteiger partial charge >= 0.3 is 5.97 Å². The fourth-order valence-electron chi connectivity index (χ4n) is 1.91. The lowest BCUT2D eigenvalue weighted by atomic mass is 10.1. The number of rotatable bonds is 2. The van der Waals surface area contributed by atoms with Crippen LogP contribution in [0.25, 0.3) is 20.5 Å². The highest BCUT2D eigenvalue weighted by atomic mass is 32.1. The fourth-order valence-corrected chi connectivity index (χ4v) is 3.78. The van der Waals surface area contributed by atoms with Crippen molar-refractivity contribution in [1.82, 2.24) is 4.98 Å². The number of hydrogen-bond donors (Lipinski definition) is 1. The number of carbonyl (C=O) groups excluding carboxylic acids is 1. The first-order valence-electron chi connectivity index (χ1n) is 5.52. The summed E-state index contributed by atoms with van der Waals surface area (Å²) in [6, 6.07) is 8.04. The Bertz CT molecular complexity index is 761. The predicted molar refractivity (Wildman–Crippen MR) is 78.7 cm³/mol. The first-order chi connectivity index (χ1) is 9.20. The molecule has 0 amide bonds. The summed E-state index contributed by atoms with van der Waals surface area (Å²) < 4.78 is 5.92. The van der Waals surface area contributed by atoms with E-state index in [-0.39, 0.29) is 5.69 Å². The monoisotopic (exact) mass is 290 g/mol. The third-order valence-electron chi connectivity index (χ3n) is 2.75. The number of thiazole rings is 1. The van der Waals surface area contributed by atoms with Crippen LogP contribution in [0.3, 0.4) is 0 Å². The second kappa shape index (κ2) is 4.64. The summed E-state index contributed by atoms with van der Waals surface area (Å²) in [7, 11) is 1.34. The molecule has 3 aromatic rings. The van der Waals surface area contributed by atoms with Crippen LogP contribution in [0.15, 0.2) is 29.6 Å². The number of hydrogen-bond acceptors (Lipinski definition) is 6. The van der Waals surface area contributed by atoms with Crippen LogP contribution in [0.1, 0.15) is 10.5 Å². The van der Waals surface area contributed by atoms with E-state index in [1.54, 1.807) is 11.3 Å². The second-order valence-electron chi connectivity index (χ2n) is 3.87. The van der Waals surface area contributed by atoms with E-state index in [0.717, 1.165) is 15.8 Å². The van der Waals surface area contributed by atoms with Gasteiger partial charge in [-0.2, -0.15) is 0 Å². The predicted octanol–water partition coefficient (Wildman–Crippen LogP) is 3.39. The zero-order valence-electron chi connectivity index (χ0n) is 10.0. The molecule has 1 aromatic carbocycles. The number of nitrogen functional groups attached to an aromatic ring is 1. The number of anilines is 1. The molecule has 0 aliphatic heterocycles. The van der Waals surface area contributed by atoms with Gasteiger partial charge in [0.15, 0.2) is 10.8 Å². The molecule has 2 heterocycles. The first-order valence-corrected chi connectivity index (χ1v) is 7.21. The lowest BCUT2D eigenvalue weighted by Crippen LogP contribution is -2.03. The van der Waals surface area contributed by atoms with E-state index in [9.17, 15) is 4.79 Å². The molecule has 0 bridgehead atoms. The quantitative estimate of drug-likeness (QED) is 0.735. The van der Waals surface area contributed by atoms with E-state index >= 15 is 0 Å². The summed E-state index contributed by atoms with van der Waals surface area (Å²) in [4.78, 5) is 16.6. The van der Waals surface area contributed by atoms with Gasteiger partial charge in [0.1, 0.15) is 0 Å². The van der Waals surface area contributed by atoms with Crippen LogP contribution in [0.2, 0.25) is 0 Å². The maximum Gasteiger partial charge on any atom is 0.358 e. The minimum Gasteiger partial charge on any atom is -0.464 e. The third kappa shape index (κ3) is 1.98. The molecular formula is C13H10N2O2S2. The Morgan fingerprint density at radius 1 is 1.37 bits per heavy atom. The highest BCUT2D eigenvalue weighted by molar-refractivity contribution is 7.21. The lowest BCUT2D eigenvalue weighted by Gasteiger charge is -1.99. The fraction of sp³-hybridized carbons (Fsp3) is 0.0769. The summed E-state index contributed by atoms with van der Waals surface area (Å²) in [5.74, 6) is -0.460. The van der Waals surface area contributed by atoms with Gasteiger partial charge in [-0.05, 0) is 6.07 Å².